The Labute approximate surface area is 160 Å². The molecular formula is C21H18BrF2NO. The molecule has 2 nitrogen and oxygen atoms in total. The van der Waals surface area contributed by atoms with Crippen molar-refractivity contribution in [2.45, 2.75) is 19.7 Å². The van der Waals surface area contributed by atoms with Crippen molar-refractivity contribution in [2.24, 2.45) is 0 Å². The van der Waals surface area contributed by atoms with Crippen LogP contribution in [0, 0.1) is 11.6 Å². The van der Waals surface area contributed by atoms with E-state index in [0.29, 0.717) is 19.7 Å². The number of nitrogens with one attached hydrogen (secondary N) is 1. The lowest BCUT2D eigenvalue weighted by molar-refractivity contribution is 0.302. The maximum absolute atomic E-state index is 13.0. The molecule has 0 bridgehead atoms. The van der Waals surface area contributed by atoms with Crippen molar-refractivity contribution in [3.63, 3.8) is 0 Å². The van der Waals surface area contributed by atoms with Gasteiger partial charge in [-0.05, 0) is 53.6 Å². The lowest BCUT2D eigenvalue weighted by Crippen LogP contribution is -2.13. The van der Waals surface area contributed by atoms with E-state index in [1.54, 1.807) is 24.3 Å². The van der Waals surface area contributed by atoms with E-state index >= 15 is 0 Å². The third-order valence-corrected chi connectivity index (χ3v) is 4.38. The molecule has 0 fully saturated rings. The summed E-state index contributed by atoms with van der Waals surface area (Å²) in [7, 11) is 0. The fourth-order valence-corrected chi connectivity index (χ4v) is 2.92. The predicted octanol–water partition coefficient (Wildman–Crippen LogP) is 5.60. The second-order valence-electron chi connectivity index (χ2n) is 5.90. The fourth-order valence-electron chi connectivity index (χ4n) is 2.51. The summed E-state index contributed by atoms with van der Waals surface area (Å²) in [5.41, 5.74) is 2.92. The van der Waals surface area contributed by atoms with Crippen molar-refractivity contribution < 1.29 is 13.5 Å². The Morgan fingerprint density at radius 3 is 2.04 bits per heavy atom. The maximum atomic E-state index is 13.0. The molecule has 26 heavy (non-hydrogen) atoms. The first-order valence-corrected chi connectivity index (χ1v) is 9.00. The molecule has 0 aliphatic rings. The molecule has 0 aliphatic heterocycles. The van der Waals surface area contributed by atoms with Crippen LogP contribution in [0.1, 0.15) is 16.7 Å². The van der Waals surface area contributed by atoms with Crippen LogP contribution in [0.3, 0.4) is 0 Å². The molecule has 0 heterocycles. The van der Waals surface area contributed by atoms with Crippen LogP contribution < -0.4 is 10.1 Å². The van der Waals surface area contributed by atoms with E-state index in [9.17, 15) is 8.78 Å². The summed E-state index contributed by atoms with van der Waals surface area (Å²) in [6.07, 6.45) is 0. The van der Waals surface area contributed by atoms with Crippen molar-refractivity contribution in [2.75, 3.05) is 0 Å². The third-order valence-electron chi connectivity index (χ3n) is 3.89. The zero-order valence-electron chi connectivity index (χ0n) is 14.0. The Kier molecular flexibility index (Phi) is 6.36. The summed E-state index contributed by atoms with van der Waals surface area (Å²) in [6, 6.07) is 18.5. The summed E-state index contributed by atoms with van der Waals surface area (Å²) < 4.78 is 32.8. The first-order valence-electron chi connectivity index (χ1n) is 8.21. The highest BCUT2D eigenvalue weighted by atomic mass is 79.9. The summed E-state index contributed by atoms with van der Waals surface area (Å²) in [5, 5.41) is 3.34. The van der Waals surface area contributed by atoms with E-state index < -0.39 is 0 Å². The van der Waals surface area contributed by atoms with E-state index in [0.717, 1.165) is 26.9 Å². The highest BCUT2D eigenvalue weighted by Crippen LogP contribution is 2.24. The first kappa shape index (κ1) is 18.5. The monoisotopic (exact) mass is 417 g/mol. The van der Waals surface area contributed by atoms with Crippen LogP contribution in [0.25, 0.3) is 0 Å². The van der Waals surface area contributed by atoms with Crippen molar-refractivity contribution >= 4 is 15.9 Å². The first-order chi connectivity index (χ1) is 12.6. The number of hydrogen-bond acceptors (Lipinski definition) is 2. The highest BCUT2D eigenvalue weighted by Gasteiger charge is 2.06. The molecular weight excluding hydrogens is 400 g/mol. The minimum absolute atomic E-state index is 0.239. The maximum Gasteiger partial charge on any atom is 0.124 e. The van der Waals surface area contributed by atoms with Crippen LogP contribution in [0.4, 0.5) is 8.78 Å². The topological polar surface area (TPSA) is 21.3 Å². The van der Waals surface area contributed by atoms with Crippen LogP contribution >= 0.6 is 15.9 Å². The molecule has 0 unspecified atom stereocenters. The molecule has 0 saturated heterocycles. The minimum atomic E-state index is -0.261. The quantitative estimate of drug-likeness (QED) is 0.540. The van der Waals surface area contributed by atoms with E-state index in [1.807, 2.05) is 18.2 Å². The van der Waals surface area contributed by atoms with Gasteiger partial charge in [0.2, 0.25) is 0 Å². The Balaban J connectivity index is 1.61. The lowest BCUT2D eigenvalue weighted by atomic mass is 10.1. The van der Waals surface area contributed by atoms with Crippen molar-refractivity contribution in [3.05, 3.63) is 99.5 Å². The molecule has 3 rings (SSSR count). The molecule has 134 valence electrons. The molecule has 0 atom stereocenters. The molecule has 0 amide bonds. The molecule has 5 heteroatoms. The highest BCUT2D eigenvalue weighted by molar-refractivity contribution is 9.10. The number of benzene rings is 3. The predicted molar refractivity (Wildman–Crippen MR) is 102 cm³/mol. The van der Waals surface area contributed by atoms with Gasteiger partial charge in [0.1, 0.15) is 24.0 Å². The summed E-state index contributed by atoms with van der Waals surface area (Å²) in [4.78, 5) is 0. The van der Waals surface area contributed by atoms with Crippen LogP contribution in [0.5, 0.6) is 5.75 Å². The Morgan fingerprint density at radius 1 is 0.769 bits per heavy atom. The Morgan fingerprint density at radius 2 is 1.38 bits per heavy atom. The number of rotatable bonds is 7. The normalized spacial score (nSPS) is 10.7. The standard InChI is InChI=1S/C21H18BrF2NO/c22-18-5-10-21(26-14-16-3-8-20(24)9-4-16)17(11-18)13-25-12-15-1-6-19(23)7-2-15/h1-11,25H,12-14H2. The lowest BCUT2D eigenvalue weighted by Gasteiger charge is -2.13. The fraction of sp³-hybridized carbons (Fsp3) is 0.143. The zero-order valence-corrected chi connectivity index (χ0v) is 15.6. The molecule has 0 aliphatic carbocycles. The van der Waals surface area contributed by atoms with Crippen LogP contribution in [0.15, 0.2) is 71.2 Å². The van der Waals surface area contributed by atoms with E-state index in [4.69, 9.17) is 4.74 Å². The number of hydrogen-bond donors (Lipinski definition) is 1. The van der Waals surface area contributed by atoms with Gasteiger partial charge < -0.3 is 10.1 Å². The SMILES string of the molecule is Fc1ccc(CNCc2cc(Br)ccc2OCc2ccc(F)cc2)cc1. The van der Waals surface area contributed by atoms with Crippen LogP contribution in [-0.2, 0) is 19.7 Å². The molecule has 3 aromatic rings. The van der Waals surface area contributed by atoms with Gasteiger partial charge in [0.05, 0.1) is 0 Å². The Hall–Kier alpha value is -2.24. The third kappa shape index (κ3) is 5.38. The van der Waals surface area contributed by atoms with Crippen LogP contribution in [-0.4, -0.2) is 0 Å². The molecule has 0 spiro atoms. The van der Waals surface area contributed by atoms with E-state index in [-0.39, 0.29) is 11.6 Å². The van der Waals surface area contributed by atoms with Gasteiger partial charge in [-0.25, -0.2) is 8.78 Å². The molecule has 3 aromatic carbocycles. The van der Waals surface area contributed by atoms with E-state index in [2.05, 4.69) is 21.2 Å². The molecule has 0 radical (unpaired) electrons. The Bertz CT molecular complexity index is 851. The number of ether oxygens (including phenoxy) is 1. The zero-order chi connectivity index (χ0) is 18.4. The summed E-state index contributed by atoms with van der Waals surface area (Å²) >= 11 is 3.48. The van der Waals surface area contributed by atoms with Crippen LogP contribution in [0.2, 0.25) is 0 Å². The van der Waals surface area contributed by atoms with E-state index in [1.165, 1.54) is 24.3 Å². The van der Waals surface area contributed by atoms with Crippen molar-refractivity contribution in [1.82, 2.24) is 5.32 Å². The largest absolute Gasteiger partial charge is 0.489 e. The van der Waals surface area contributed by atoms with Gasteiger partial charge in [-0.3, -0.25) is 0 Å². The van der Waals surface area contributed by atoms with Gasteiger partial charge in [-0.2, -0.15) is 0 Å². The van der Waals surface area contributed by atoms with Gasteiger partial charge in [0.25, 0.3) is 0 Å². The summed E-state index contributed by atoms with van der Waals surface area (Å²) in [6.45, 7) is 1.60. The van der Waals surface area contributed by atoms with Crippen molar-refractivity contribution in [1.29, 1.82) is 0 Å². The van der Waals surface area contributed by atoms with Gasteiger partial charge in [0.15, 0.2) is 0 Å². The van der Waals surface area contributed by atoms with Crippen molar-refractivity contribution in [3.8, 4) is 5.75 Å². The molecule has 0 saturated carbocycles. The molecule has 1 N–H and O–H groups in total. The average Bonchev–Trinajstić information content (AvgIpc) is 2.64. The second-order valence-corrected chi connectivity index (χ2v) is 6.81. The number of halogens is 3. The van der Waals surface area contributed by atoms with Gasteiger partial charge >= 0.3 is 0 Å². The average molecular weight is 418 g/mol. The second kappa shape index (κ2) is 8.92. The van der Waals surface area contributed by atoms with Gasteiger partial charge in [0, 0.05) is 23.1 Å². The molecule has 0 aromatic heterocycles. The summed E-state index contributed by atoms with van der Waals surface area (Å²) in [5.74, 6) is 0.268. The minimum Gasteiger partial charge on any atom is -0.489 e. The van der Waals surface area contributed by atoms with Gasteiger partial charge in [-0.15, -0.1) is 0 Å². The smallest absolute Gasteiger partial charge is 0.124 e. The van der Waals surface area contributed by atoms with Gasteiger partial charge in [-0.1, -0.05) is 40.2 Å².